The van der Waals surface area contributed by atoms with E-state index in [0.29, 0.717) is 6.04 Å². The molecule has 2 rings (SSSR count). The Morgan fingerprint density at radius 3 is 2.65 bits per heavy atom. The van der Waals surface area contributed by atoms with Crippen molar-refractivity contribution in [2.75, 3.05) is 38.6 Å². The van der Waals surface area contributed by atoms with Crippen LogP contribution in [0.5, 0.6) is 0 Å². The molecule has 0 saturated carbocycles. The summed E-state index contributed by atoms with van der Waals surface area (Å²) in [5.41, 5.74) is 0. The van der Waals surface area contributed by atoms with Crippen molar-refractivity contribution in [3.05, 3.63) is 17.5 Å². The lowest BCUT2D eigenvalue weighted by Crippen LogP contribution is -2.48. The van der Waals surface area contributed by atoms with E-state index in [9.17, 15) is 0 Å². The number of aliphatic imine (C=N–C) groups is 1. The van der Waals surface area contributed by atoms with Gasteiger partial charge < -0.3 is 15.1 Å². The number of nitrogens with zero attached hydrogens (tertiary/aromatic N) is 3. The first kappa shape index (κ1) is 17.6. The van der Waals surface area contributed by atoms with Crippen molar-refractivity contribution in [3.8, 4) is 0 Å². The van der Waals surface area contributed by atoms with Crippen LogP contribution in [0.15, 0.2) is 22.5 Å². The minimum atomic E-state index is 0. The second kappa shape index (κ2) is 8.71. The number of guanidine groups is 1. The van der Waals surface area contributed by atoms with E-state index in [-0.39, 0.29) is 24.0 Å². The predicted octanol–water partition coefficient (Wildman–Crippen LogP) is 2.86. The highest BCUT2D eigenvalue weighted by molar-refractivity contribution is 14.0. The van der Waals surface area contributed by atoms with Gasteiger partial charge in [-0.1, -0.05) is 0 Å². The van der Waals surface area contributed by atoms with Gasteiger partial charge in [0.05, 0.1) is 5.00 Å². The summed E-state index contributed by atoms with van der Waals surface area (Å²) in [4.78, 5) is 9.05. The van der Waals surface area contributed by atoms with Crippen LogP contribution in [0.1, 0.15) is 19.8 Å². The monoisotopic (exact) mass is 408 g/mol. The molecule has 1 aliphatic heterocycles. The fourth-order valence-electron chi connectivity index (χ4n) is 2.34. The van der Waals surface area contributed by atoms with Crippen LogP contribution >= 0.6 is 35.3 Å². The molecule has 4 nitrogen and oxygen atoms in total. The Morgan fingerprint density at radius 2 is 2.15 bits per heavy atom. The quantitative estimate of drug-likeness (QED) is 0.474. The molecular formula is C14H25IN4S. The molecule has 1 aromatic heterocycles. The lowest BCUT2D eigenvalue weighted by Gasteiger charge is -2.34. The summed E-state index contributed by atoms with van der Waals surface area (Å²) in [7, 11) is 4.09. The first-order chi connectivity index (χ1) is 9.20. The smallest absolute Gasteiger partial charge is 0.193 e. The van der Waals surface area contributed by atoms with E-state index in [1.807, 2.05) is 25.4 Å². The van der Waals surface area contributed by atoms with Gasteiger partial charge in [-0.25, -0.2) is 0 Å². The zero-order valence-electron chi connectivity index (χ0n) is 12.5. The first-order valence-corrected chi connectivity index (χ1v) is 7.85. The standard InChI is InChI=1S/C14H24N4S.HI/c1-4-15-14(17(2)3)16-12-7-9-18(10-8-12)13-6-5-11-19-13;/h5-6,11-12H,4,7-10H2,1-3H3,(H,15,16);1H. The highest BCUT2D eigenvalue weighted by Gasteiger charge is 2.21. The Balaban J connectivity index is 0.00000200. The van der Waals surface area contributed by atoms with Crippen LogP contribution in [-0.2, 0) is 0 Å². The lowest BCUT2D eigenvalue weighted by molar-refractivity contribution is 0.444. The molecule has 1 saturated heterocycles. The molecule has 1 aromatic rings. The third-order valence-corrected chi connectivity index (χ3v) is 4.31. The van der Waals surface area contributed by atoms with Crippen molar-refractivity contribution in [3.63, 3.8) is 0 Å². The number of thiophene rings is 1. The van der Waals surface area contributed by atoms with Crippen LogP contribution in [0.3, 0.4) is 0 Å². The minimum Gasteiger partial charge on any atom is -0.363 e. The summed E-state index contributed by atoms with van der Waals surface area (Å²) >= 11 is 1.83. The van der Waals surface area contributed by atoms with Crippen LogP contribution in [0, 0.1) is 0 Å². The first-order valence-electron chi connectivity index (χ1n) is 6.97. The molecule has 2 heterocycles. The third-order valence-electron chi connectivity index (χ3n) is 3.38. The van der Waals surface area contributed by atoms with Crippen molar-refractivity contribution in [2.45, 2.75) is 25.8 Å². The number of nitrogens with one attached hydrogen (secondary N) is 1. The van der Waals surface area contributed by atoms with Gasteiger partial charge in [0.25, 0.3) is 0 Å². The maximum Gasteiger partial charge on any atom is 0.193 e. The van der Waals surface area contributed by atoms with E-state index >= 15 is 0 Å². The fourth-order valence-corrected chi connectivity index (χ4v) is 3.13. The van der Waals surface area contributed by atoms with Gasteiger partial charge in [0.2, 0.25) is 0 Å². The molecule has 0 bridgehead atoms. The molecule has 0 aromatic carbocycles. The van der Waals surface area contributed by atoms with Crippen molar-refractivity contribution in [2.24, 2.45) is 4.99 Å². The van der Waals surface area contributed by atoms with Gasteiger partial charge >= 0.3 is 0 Å². The van der Waals surface area contributed by atoms with Gasteiger partial charge in [-0.05, 0) is 37.3 Å². The minimum absolute atomic E-state index is 0. The van der Waals surface area contributed by atoms with Crippen molar-refractivity contribution in [1.82, 2.24) is 10.2 Å². The number of rotatable bonds is 3. The summed E-state index contributed by atoms with van der Waals surface area (Å²) in [5.74, 6) is 1.01. The molecule has 1 N–H and O–H groups in total. The molecule has 0 aliphatic carbocycles. The fraction of sp³-hybridized carbons (Fsp3) is 0.643. The van der Waals surface area contributed by atoms with E-state index in [0.717, 1.165) is 25.6 Å². The number of piperidine rings is 1. The highest BCUT2D eigenvalue weighted by Crippen LogP contribution is 2.24. The molecule has 1 aliphatic rings. The normalized spacial score (nSPS) is 16.8. The van der Waals surface area contributed by atoms with Crippen LogP contribution in [0.2, 0.25) is 0 Å². The second-order valence-electron chi connectivity index (χ2n) is 5.05. The third kappa shape index (κ3) is 4.80. The van der Waals surface area contributed by atoms with Gasteiger partial charge in [-0.15, -0.1) is 35.3 Å². The number of halogens is 1. The van der Waals surface area contributed by atoms with Crippen LogP contribution in [0.25, 0.3) is 0 Å². The number of hydrogen-bond donors (Lipinski definition) is 1. The molecule has 0 atom stereocenters. The van der Waals surface area contributed by atoms with E-state index in [1.54, 1.807) is 0 Å². The van der Waals surface area contributed by atoms with Crippen molar-refractivity contribution < 1.29 is 0 Å². The summed E-state index contributed by atoms with van der Waals surface area (Å²) < 4.78 is 0. The van der Waals surface area contributed by atoms with Crippen molar-refractivity contribution >= 4 is 46.3 Å². The van der Waals surface area contributed by atoms with Crippen LogP contribution < -0.4 is 10.2 Å². The van der Waals surface area contributed by atoms with Gasteiger partial charge in [0, 0.05) is 39.8 Å². The Kier molecular flexibility index (Phi) is 7.65. The van der Waals surface area contributed by atoms with Gasteiger partial charge in [-0.2, -0.15) is 0 Å². The number of anilines is 1. The maximum absolute atomic E-state index is 4.51. The average molecular weight is 408 g/mol. The molecule has 1 fully saturated rings. The molecule has 6 heteroatoms. The maximum atomic E-state index is 4.51. The van der Waals surface area contributed by atoms with E-state index in [4.69, 9.17) is 0 Å². The molecule has 114 valence electrons. The van der Waals surface area contributed by atoms with Crippen molar-refractivity contribution in [1.29, 1.82) is 0 Å². The Labute approximate surface area is 143 Å². The van der Waals surface area contributed by atoms with Crippen LogP contribution in [-0.4, -0.2) is 50.6 Å². The second-order valence-corrected chi connectivity index (χ2v) is 5.98. The SMILES string of the molecule is CCN=C(NC1CCN(c2cccs2)CC1)N(C)C.I. The summed E-state index contributed by atoms with van der Waals surface area (Å²) in [6.07, 6.45) is 2.35. The van der Waals surface area contributed by atoms with E-state index in [1.165, 1.54) is 17.8 Å². The Hall–Kier alpha value is -0.500. The Bertz CT molecular complexity index is 397. The molecule has 0 amide bonds. The van der Waals surface area contributed by atoms with E-state index in [2.05, 4.69) is 44.5 Å². The molecular weight excluding hydrogens is 383 g/mol. The van der Waals surface area contributed by atoms with Gasteiger partial charge in [0.15, 0.2) is 5.96 Å². The highest BCUT2D eigenvalue weighted by atomic mass is 127. The molecule has 0 spiro atoms. The summed E-state index contributed by atoms with van der Waals surface area (Å²) in [6.45, 7) is 5.16. The topological polar surface area (TPSA) is 30.9 Å². The largest absolute Gasteiger partial charge is 0.363 e. The van der Waals surface area contributed by atoms with E-state index < -0.39 is 0 Å². The number of hydrogen-bond acceptors (Lipinski definition) is 3. The van der Waals surface area contributed by atoms with Gasteiger partial charge in [0.1, 0.15) is 0 Å². The van der Waals surface area contributed by atoms with Crippen LogP contribution in [0.4, 0.5) is 5.00 Å². The summed E-state index contributed by atoms with van der Waals surface area (Å²) in [6, 6.07) is 4.88. The van der Waals surface area contributed by atoms with Gasteiger partial charge in [-0.3, -0.25) is 4.99 Å². The zero-order valence-corrected chi connectivity index (χ0v) is 15.6. The average Bonchev–Trinajstić information content (AvgIpc) is 2.93. The molecule has 0 unspecified atom stereocenters. The zero-order chi connectivity index (χ0) is 13.7. The predicted molar refractivity (Wildman–Crippen MR) is 99.8 cm³/mol. The lowest BCUT2D eigenvalue weighted by atomic mass is 10.1. The molecule has 20 heavy (non-hydrogen) atoms. The summed E-state index contributed by atoms with van der Waals surface area (Å²) in [5, 5.41) is 7.12. The Morgan fingerprint density at radius 1 is 1.45 bits per heavy atom. The molecule has 0 radical (unpaired) electrons.